The predicted molar refractivity (Wildman–Crippen MR) is 134 cm³/mol. The zero-order chi connectivity index (χ0) is 24.7. The van der Waals surface area contributed by atoms with Gasteiger partial charge in [0.05, 0.1) is 12.7 Å². The standard InChI is InChI=1S/C27H33N3O4/c1-5-28-19(4)18(3)21-12-10-20(11-13-21)16-29-26(32)25-15-23(31)17-30(25)27(33)22-8-7-9-24(14-22)34-6-2/h5,7-14,23,25,31H,6,15-17H2,1-4H3,(H,29,32)/b19-18+,28-5-/t23-,25+/m1/s1. The number of aliphatic hydroxyl groups excluding tert-OH is 1. The molecule has 2 atom stereocenters. The number of β-amino-alcohol motifs (C(OH)–C–C–N with tert-alkyl or cyclic N) is 1. The maximum Gasteiger partial charge on any atom is 0.254 e. The number of carbonyl (C=O) groups is 2. The van der Waals surface area contributed by atoms with Crippen LogP contribution in [-0.4, -0.2) is 53.3 Å². The van der Waals surface area contributed by atoms with Crippen LogP contribution in [0.15, 0.2) is 59.2 Å². The number of aliphatic imine (C=N–C) groups is 1. The van der Waals surface area contributed by atoms with Crippen molar-refractivity contribution in [2.24, 2.45) is 4.99 Å². The maximum absolute atomic E-state index is 13.1. The molecule has 34 heavy (non-hydrogen) atoms. The molecule has 0 unspecified atom stereocenters. The van der Waals surface area contributed by atoms with E-state index < -0.39 is 12.1 Å². The first-order valence-corrected chi connectivity index (χ1v) is 11.6. The van der Waals surface area contributed by atoms with Gasteiger partial charge in [-0.15, -0.1) is 0 Å². The van der Waals surface area contributed by atoms with Crippen LogP contribution in [0.4, 0.5) is 0 Å². The van der Waals surface area contributed by atoms with Gasteiger partial charge in [-0.1, -0.05) is 30.3 Å². The molecule has 1 saturated heterocycles. The number of rotatable bonds is 8. The van der Waals surface area contributed by atoms with Gasteiger partial charge in [0.15, 0.2) is 0 Å². The summed E-state index contributed by atoms with van der Waals surface area (Å²) in [5, 5.41) is 13.1. The van der Waals surface area contributed by atoms with E-state index in [0.29, 0.717) is 24.5 Å². The van der Waals surface area contributed by atoms with E-state index in [0.717, 1.165) is 22.4 Å². The van der Waals surface area contributed by atoms with Crippen molar-refractivity contribution in [3.63, 3.8) is 0 Å². The highest BCUT2D eigenvalue weighted by atomic mass is 16.5. The molecule has 0 aliphatic carbocycles. The third-order valence-electron chi connectivity index (χ3n) is 5.95. The van der Waals surface area contributed by atoms with E-state index in [2.05, 4.69) is 10.3 Å². The van der Waals surface area contributed by atoms with Gasteiger partial charge in [-0.25, -0.2) is 0 Å². The minimum atomic E-state index is -0.738. The average Bonchev–Trinajstić information content (AvgIpc) is 3.24. The van der Waals surface area contributed by atoms with E-state index >= 15 is 0 Å². The monoisotopic (exact) mass is 463 g/mol. The molecule has 0 saturated carbocycles. The fourth-order valence-corrected chi connectivity index (χ4v) is 4.02. The first-order chi connectivity index (χ1) is 16.3. The van der Waals surface area contributed by atoms with E-state index in [4.69, 9.17) is 4.74 Å². The van der Waals surface area contributed by atoms with E-state index in [1.54, 1.807) is 30.5 Å². The minimum absolute atomic E-state index is 0.121. The van der Waals surface area contributed by atoms with Gasteiger partial charge in [-0.3, -0.25) is 14.6 Å². The molecule has 2 aromatic carbocycles. The van der Waals surface area contributed by atoms with Crippen molar-refractivity contribution in [2.45, 2.75) is 52.8 Å². The summed E-state index contributed by atoms with van der Waals surface area (Å²) in [6, 6.07) is 14.1. The number of ether oxygens (including phenoxy) is 1. The van der Waals surface area contributed by atoms with Crippen LogP contribution in [0.25, 0.3) is 5.57 Å². The van der Waals surface area contributed by atoms with Gasteiger partial charge in [-0.2, -0.15) is 0 Å². The molecule has 2 aromatic rings. The van der Waals surface area contributed by atoms with Crippen LogP contribution in [0.1, 0.15) is 55.6 Å². The molecule has 2 amide bonds. The Bertz CT molecular complexity index is 1080. The minimum Gasteiger partial charge on any atom is -0.494 e. The summed E-state index contributed by atoms with van der Waals surface area (Å²) < 4.78 is 5.48. The Balaban J connectivity index is 1.66. The highest BCUT2D eigenvalue weighted by Crippen LogP contribution is 2.23. The molecule has 2 N–H and O–H groups in total. The summed E-state index contributed by atoms with van der Waals surface area (Å²) in [4.78, 5) is 31.8. The van der Waals surface area contributed by atoms with E-state index in [1.807, 2.05) is 52.0 Å². The number of benzene rings is 2. The fourth-order valence-electron chi connectivity index (χ4n) is 4.02. The van der Waals surface area contributed by atoms with Gasteiger partial charge < -0.3 is 20.1 Å². The number of hydrogen-bond donors (Lipinski definition) is 2. The number of nitrogens with zero attached hydrogens (tertiary/aromatic N) is 2. The van der Waals surface area contributed by atoms with Crippen LogP contribution in [0.3, 0.4) is 0 Å². The number of nitrogens with one attached hydrogen (secondary N) is 1. The van der Waals surface area contributed by atoms with Crippen molar-refractivity contribution in [2.75, 3.05) is 13.2 Å². The predicted octanol–water partition coefficient (Wildman–Crippen LogP) is 3.82. The highest BCUT2D eigenvalue weighted by Gasteiger charge is 2.39. The second-order valence-corrected chi connectivity index (χ2v) is 8.34. The summed E-state index contributed by atoms with van der Waals surface area (Å²) in [5.41, 5.74) is 4.50. The Morgan fingerprint density at radius 2 is 1.91 bits per heavy atom. The van der Waals surface area contributed by atoms with Crippen LogP contribution < -0.4 is 10.1 Å². The van der Waals surface area contributed by atoms with Gasteiger partial charge in [0.1, 0.15) is 11.8 Å². The van der Waals surface area contributed by atoms with Crippen molar-refractivity contribution in [3.8, 4) is 5.75 Å². The second-order valence-electron chi connectivity index (χ2n) is 8.34. The van der Waals surface area contributed by atoms with Crippen molar-refractivity contribution >= 4 is 23.6 Å². The maximum atomic E-state index is 13.1. The Morgan fingerprint density at radius 1 is 1.18 bits per heavy atom. The number of allylic oxidation sites excluding steroid dienone is 2. The molecular weight excluding hydrogens is 430 g/mol. The molecule has 3 rings (SSSR count). The summed E-state index contributed by atoms with van der Waals surface area (Å²) >= 11 is 0. The topological polar surface area (TPSA) is 91.2 Å². The lowest BCUT2D eigenvalue weighted by atomic mass is 10.0. The number of hydrogen-bond acceptors (Lipinski definition) is 5. The Labute approximate surface area is 201 Å². The second kappa shape index (κ2) is 11.6. The molecule has 7 nitrogen and oxygen atoms in total. The molecule has 180 valence electrons. The lowest BCUT2D eigenvalue weighted by Gasteiger charge is -2.24. The number of aliphatic hydroxyl groups is 1. The van der Waals surface area contributed by atoms with Gasteiger partial charge in [0.2, 0.25) is 5.91 Å². The lowest BCUT2D eigenvalue weighted by Crippen LogP contribution is -2.45. The Kier molecular flexibility index (Phi) is 8.60. The van der Waals surface area contributed by atoms with Crippen LogP contribution in [0.5, 0.6) is 5.75 Å². The Morgan fingerprint density at radius 3 is 2.59 bits per heavy atom. The zero-order valence-electron chi connectivity index (χ0n) is 20.2. The van der Waals surface area contributed by atoms with Crippen molar-refractivity contribution in [1.82, 2.24) is 10.2 Å². The Hall–Kier alpha value is -3.45. The summed E-state index contributed by atoms with van der Waals surface area (Å²) in [6.45, 7) is 8.71. The van der Waals surface area contributed by atoms with Gasteiger partial charge >= 0.3 is 0 Å². The summed E-state index contributed by atoms with van der Waals surface area (Å²) in [6.07, 6.45) is 1.24. The average molecular weight is 464 g/mol. The normalized spacial score (nSPS) is 18.7. The highest BCUT2D eigenvalue weighted by molar-refractivity contribution is 5.98. The van der Waals surface area contributed by atoms with Crippen LogP contribution >= 0.6 is 0 Å². The first-order valence-electron chi connectivity index (χ1n) is 11.6. The van der Waals surface area contributed by atoms with Crippen molar-refractivity contribution < 1.29 is 19.4 Å². The third kappa shape index (κ3) is 6.11. The van der Waals surface area contributed by atoms with Crippen molar-refractivity contribution in [3.05, 3.63) is 70.9 Å². The van der Waals surface area contributed by atoms with Crippen molar-refractivity contribution in [1.29, 1.82) is 0 Å². The van der Waals surface area contributed by atoms with E-state index in [9.17, 15) is 14.7 Å². The van der Waals surface area contributed by atoms with Gasteiger partial charge in [-0.05, 0) is 62.6 Å². The molecule has 1 aliphatic heterocycles. The molecule has 1 heterocycles. The molecule has 1 fully saturated rings. The van der Waals surface area contributed by atoms with Crippen LogP contribution in [0, 0.1) is 0 Å². The molecule has 0 radical (unpaired) electrons. The van der Waals surface area contributed by atoms with E-state index in [-0.39, 0.29) is 24.8 Å². The van der Waals surface area contributed by atoms with Crippen LogP contribution in [0.2, 0.25) is 0 Å². The molecule has 0 spiro atoms. The molecule has 0 aromatic heterocycles. The fraction of sp³-hybridized carbons (Fsp3) is 0.370. The molecular formula is C27H33N3O4. The molecule has 7 heteroatoms. The summed E-state index contributed by atoms with van der Waals surface area (Å²) in [5.74, 6) is 0.0217. The lowest BCUT2D eigenvalue weighted by molar-refractivity contribution is -0.125. The van der Waals surface area contributed by atoms with Crippen LogP contribution in [-0.2, 0) is 11.3 Å². The SMILES string of the molecule is C/C=N\C(C)=C(/C)c1ccc(CNC(=O)[C@@H]2C[C@@H](O)CN2C(=O)c2cccc(OCC)c2)cc1. The third-order valence-corrected chi connectivity index (χ3v) is 5.95. The van der Waals surface area contributed by atoms with E-state index in [1.165, 1.54) is 4.90 Å². The quantitative estimate of drug-likeness (QED) is 0.583. The number of carbonyl (C=O) groups excluding carboxylic acids is 2. The summed E-state index contributed by atoms with van der Waals surface area (Å²) in [7, 11) is 0. The largest absolute Gasteiger partial charge is 0.494 e. The molecule has 0 bridgehead atoms. The molecule has 1 aliphatic rings. The first kappa shape index (κ1) is 25.2. The van der Waals surface area contributed by atoms with Gasteiger partial charge in [0.25, 0.3) is 5.91 Å². The van der Waals surface area contributed by atoms with Gasteiger partial charge in [0, 0.05) is 37.0 Å². The number of amides is 2. The smallest absolute Gasteiger partial charge is 0.254 e. The zero-order valence-corrected chi connectivity index (χ0v) is 20.2. The number of likely N-dealkylation sites (tertiary alicyclic amines) is 1.